The topological polar surface area (TPSA) is 9.23 Å². The van der Waals surface area contributed by atoms with Crippen molar-refractivity contribution in [1.82, 2.24) is 0 Å². The van der Waals surface area contributed by atoms with E-state index in [1.54, 1.807) is 18.2 Å². The SMILES string of the molecule is C=CC1=CCO[C@]12c1ccccc1CCC2(F)F. The highest BCUT2D eigenvalue weighted by Gasteiger charge is 2.61. The van der Waals surface area contributed by atoms with Crippen molar-refractivity contribution in [3.05, 3.63) is 59.7 Å². The highest BCUT2D eigenvalue weighted by atomic mass is 19.3. The Morgan fingerprint density at radius 3 is 2.83 bits per heavy atom. The highest BCUT2D eigenvalue weighted by Crippen LogP contribution is 2.54. The molecule has 3 rings (SSSR count). The summed E-state index contributed by atoms with van der Waals surface area (Å²) in [6.45, 7) is 3.86. The molecule has 94 valence electrons. The second kappa shape index (κ2) is 3.75. The van der Waals surface area contributed by atoms with E-state index in [4.69, 9.17) is 4.74 Å². The summed E-state index contributed by atoms with van der Waals surface area (Å²) in [6.07, 6.45) is 3.39. The van der Waals surface area contributed by atoms with Gasteiger partial charge in [-0.3, -0.25) is 0 Å². The van der Waals surface area contributed by atoms with Crippen molar-refractivity contribution in [3.63, 3.8) is 0 Å². The normalized spacial score (nSPS) is 28.9. The van der Waals surface area contributed by atoms with Crippen molar-refractivity contribution < 1.29 is 13.5 Å². The summed E-state index contributed by atoms with van der Waals surface area (Å²) in [7, 11) is 0. The smallest absolute Gasteiger partial charge is 0.285 e. The molecule has 1 atom stereocenters. The van der Waals surface area contributed by atoms with Crippen LogP contribution < -0.4 is 0 Å². The second-order valence-corrected chi connectivity index (χ2v) is 4.72. The molecular formula is C15H14F2O. The summed E-state index contributed by atoms with van der Waals surface area (Å²) in [5.74, 6) is -2.89. The van der Waals surface area contributed by atoms with Crippen molar-refractivity contribution in [2.45, 2.75) is 24.4 Å². The fraction of sp³-hybridized carbons (Fsp3) is 0.333. The molecule has 0 N–H and O–H groups in total. The minimum absolute atomic E-state index is 0.185. The molecule has 18 heavy (non-hydrogen) atoms. The van der Waals surface area contributed by atoms with E-state index in [-0.39, 0.29) is 13.0 Å². The predicted octanol–water partition coefficient (Wildman–Crippen LogP) is 3.61. The van der Waals surface area contributed by atoms with E-state index in [0.717, 1.165) is 5.56 Å². The Bertz CT molecular complexity index is 533. The van der Waals surface area contributed by atoms with Gasteiger partial charge in [-0.2, -0.15) is 0 Å². The minimum Gasteiger partial charge on any atom is -0.355 e. The van der Waals surface area contributed by atoms with E-state index in [1.165, 1.54) is 6.08 Å². The van der Waals surface area contributed by atoms with Gasteiger partial charge in [0.1, 0.15) is 0 Å². The molecule has 1 aliphatic heterocycles. The first-order valence-electron chi connectivity index (χ1n) is 6.05. The van der Waals surface area contributed by atoms with Gasteiger partial charge in [-0.1, -0.05) is 43.0 Å². The minimum atomic E-state index is -2.89. The third kappa shape index (κ3) is 1.28. The number of hydrogen-bond donors (Lipinski definition) is 0. The zero-order valence-electron chi connectivity index (χ0n) is 9.96. The van der Waals surface area contributed by atoms with Crippen LogP contribution in [0.5, 0.6) is 0 Å². The van der Waals surface area contributed by atoms with Crippen LogP contribution in [0.4, 0.5) is 8.78 Å². The molecule has 0 amide bonds. The summed E-state index contributed by atoms with van der Waals surface area (Å²) < 4.78 is 34.4. The fourth-order valence-corrected chi connectivity index (χ4v) is 3.01. The van der Waals surface area contributed by atoms with Crippen molar-refractivity contribution in [3.8, 4) is 0 Å². The molecule has 1 aliphatic carbocycles. The predicted molar refractivity (Wildman–Crippen MR) is 65.6 cm³/mol. The average Bonchev–Trinajstić information content (AvgIpc) is 2.80. The summed E-state index contributed by atoms with van der Waals surface area (Å²) in [5, 5.41) is 0. The fourth-order valence-electron chi connectivity index (χ4n) is 3.01. The summed E-state index contributed by atoms with van der Waals surface area (Å²) >= 11 is 0. The summed E-state index contributed by atoms with van der Waals surface area (Å²) in [4.78, 5) is 0. The number of benzene rings is 1. The van der Waals surface area contributed by atoms with Gasteiger partial charge in [-0.15, -0.1) is 0 Å². The molecule has 0 fully saturated rings. The molecule has 1 aromatic carbocycles. The van der Waals surface area contributed by atoms with Gasteiger partial charge in [-0.25, -0.2) is 8.78 Å². The summed E-state index contributed by atoms with van der Waals surface area (Å²) in [5.41, 5.74) is 0.395. The third-order valence-corrected chi connectivity index (χ3v) is 3.85. The van der Waals surface area contributed by atoms with Crippen LogP contribution in [-0.2, 0) is 16.8 Å². The van der Waals surface area contributed by atoms with Crippen LogP contribution in [0, 0.1) is 0 Å². The van der Waals surface area contributed by atoms with E-state index in [2.05, 4.69) is 6.58 Å². The zero-order chi connectivity index (χ0) is 12.8. The van der Waals surface area contributed by atoms with Crippen LogP contribution in [0.3, 0.4) is 0 Å². The van der Waals surface area contributed by atoms with E-state index < -0.39 is 11.5 Å². The lowest BCUT2D eigenvalue weighted by Crippen LogP contribution is -2.50. The van der Waals surface area contributed by atoms with Gasteiger partial charge >= 0.3 is 0 Å². The Morgan fingerprint density at radius 1 is 1.28 bits per heavy atom. The number of rotatable bonds is 1. The van der Waals surface area contributed by atoms with E-state index in [9.17, 15) is 8.78 Å². The maximum absolute atomic E-state index is 14.5. The Balaban J connectivity index is 2.28. The summed E-state index contributed by atoms with van der Waals surface area (Å²) in [6, 6.07) is 7.30. The first-order valence-corrected chi connectivity index (χ1v) is 6.05. The molecule has 0 unspecified atom stereocenters. The first-order chi connectivity index (χ1) is 8.62. The number of aryl methyl sites for hydroxylation is 1. The first kappa shape index (κ1) is 11.6. The van der Waals surface area contributed by atoms with Crippen molar-refractivity contribution in [2.75, 3.05) is 6.61 Å². The molecule has 0 radical (unpaired) electrons. The van der Waals surface area contributed by atoms with E-state index in [0.29, 0.717) is 17.6 Å². The largest absolute Gasteiger partial charge is 0.355 e. The van der Waals surface area contributed by atoms with Gasteiger partial charge in [0.05, 0.1) is 6.61 Å². The van der Waals surface area contributed by atoms with Gasteiger partial charge in [0.25, 0.3) is 5.92 Å². The highest BCUT2D eigenvalue weighted by molar-refractivity contribution is 5.49. The Hall–Kier alpha value is -1.48. The number of fused-ring (bicyclic) bond motifs is 2. The molecule has 1 spiro atoms. The number of alkyl halides is 2. The van der Waals surface area contributed by atoms with Gasteiger partial charge in [0.2, 0.25) is 0 Å². The Labute approximate surface area is 105 Å². The number of ether oxygens (including phenoxy) is 1. The lowest BCUT2D eigenvalue weighted by molar-refractivity contribution is -0.189. The molecule has 0 bridgehead atoms. The second-order valence-electron chi connectivity index (χ2n) is 4.72. The quantitative estimate of drug-likeness (QED) is 0.737. The van der Waals surface area contributed by atoms with Crippen LogP contribution >= 0.6 is 0 Å². The van der Waals surface area contributed by atoms with Crippen LogP contribution in [-0.4, -0.2) is 12.5 Å². The van der Waals surface area contributed by atoms with Crippen LogP contribution in [0.15, 0.2) is 48.6 Å². The van der Waals surface area contributed by atoms with E-state index in [1.807, 2.05) is 12.1 Å². The van der Waals surface area contributed by atoms with Gasteiger partial charge in [0.15, 0.2) is 5.60 Å². The van der Waals surface area contributed by atoms with Crippen LogP contribution in [0.1, 0.15) is 17.5 Å². The molecule has 1 nitrogen and oxygen atoms in total. The molecular weight excluding hydrogens is 234 g/mol. The average molecular weight is 248 g/mol. The van der Waals surface area contributed by atoms with Gasteiger partial charge in [0, 0.05) is 6.42 Å². The van der Waals surface area contributed by atoms with Crippen LogP contribution in [0.25, 0.3) is 0 Å². The molecule has 0 aromatic heterocycles. The molecule has 1 aromatic rings. The lowest BCUT2D eigenvalue weighted by Gasteiger charge is -2.43. The van der Waals surface area contributed by atoms with Crippen LogP contribution in [0.2, 0.25) is 0 Å². The molecule has 3 heteroatoms. The van der Waals surface area contributed by atoms with Crippen molar-refractivity contribution in [1.29, 1.82) is 0 Å². The van der Waals surface area contributed by atoms with Gasteiger partial charge in [-0.05, 0) is 23.1 Å². The van der Waals surface area contributed by atoms with Crippen molar-refractivity contribution >= 4 is 0 Å². The van der Waals surface area contributed by atoms with Crippen molar-refractivity contribution in [2.24, 2.45) is 0 Å². The van der Waals surface area contributed by atoms with E-state index >= 15 is 0 Å². The zero-order valence-corrected chi connectivity index (χ0v) is 9.96. The lowest BCUT2D eigenvalue weighted by atomic mass is 9.72. The maximum Gasteiger partial charge on any atom is 0.285 e. The number of halogens is 2. The molecule has 1 heterocycles. The molecule has 2 aliphatic rings. The van der Waals surface area contributed by atoms with Gasteiger partial charge < -0.3 is 4.74 Å². The third-order valence-electron chi connectivity index (χ3n) is 3.85. The molecule has 0 saturated heterocycles. The number of hydrogen-bond acceptors (Lipinski definition) is 1. The Morgan fingerprint density at radius 2 is 2.06 bits per heavy atom. The monoisotopic (exact) mass is 248 g/mol. The standard InChI is InChI=1S/C15H14F2O/c1-2-12-8-10-18-15(12)13-6-4-3-5-11(13)7-9-14(15,16)17/h2-6,8H,1,7,9-10H2/t15-/m0/s1. The maximum atomic E-state index is 14.5. The Kier molecular flexibility index (Phi) is 2.42. The molecule has 0 saturated carbocycles.